The molecule has 0 amide bonds. The molecular weight excluding hydrogens is 363 g/mol. The first-order chi connectivity index (χ1) is 8.61. The lowest BCUT2D eigenvalue weighted by Crippen LogP contribution is -3.00. The van der Waals surface area contributed by atoms with Gasteiger partial charge in [0, 0.05) is 11.6 Å². The molecular formula is C13H39Cl3N6O. The van der Waals surface area contributed by atoms with Crippen LogP contribution in [-0.4, -0.2) is 23.4 Å². The summed E-state index contributed by atoms with van der Waals surface area (Å²) in [5.74, 6) is 0. The summed E-state index contributed by atoms with van der Waals surface area (Å²) in [4.78, 5) is 0. The number of quaternary nitrogens is 3. The normalized spacial score (nSPS) is 13.3. The lowest BCUT2D eigenvalue weighted by Gasteiger charge is -2.13. The van der Waals surface area contributed by atoms with Crippen LogP contribution in [0.2, 0.25) is 0 Å². The van der Waals surface area contributed by atoms with Crippen molar-refractivity contribution in [3.8, 4) is 0 Å². The Balaban J connectivity index is -0.000000144. The fourth-order valence-electron chi connectivity index (χ4n) is 1.67. The average Bonchev–Trinajstić information content (AvgIpc) is 2.35. The SMILES string of the molecule is CCCCCCCC(N=N[NH2+]C(N)CC)C(C)O.[Cl-].[Cl-].[Cl-].[NH4+].[NH4+]. The number of hydrogen-bond acceptors (Lipinski definition) is 4. The molecule has 3 unspecified atom stereocenters. The summed E-state index contributed by atoms with van der Waals surface area (Å²) in [6, 6.07) is -0.0908. The van der Waals surface area contributed by atoms with E-state index < -0.39 is 6.10 Å². The van der Waals surface area contributed by atoms with Crippen LogP contribution in [0.5, 0.6) is 0 Å². The lowest BCUT2D eigenvalue weighted by molar-refractivity contribution is -0.702. The summed E-state index contributed by atoms with van der Waals surface area (Å²) >= 11 is 0. The average molecular weight is 402 g/mol. The van der Waals surface area contributed by atoms with Gasteiger partial charge in [-0.1, -0.05) is 46.0 Å². The number of unbranched alkanes of at least 4 members (excludes halogenated alkanes) is 4. The van der Waals surface area contributed by atoms with Crippen LogP contribution in [0.1, 0.15) is 65.7 Å². The van der Waals surface area contributed by atoms with Crippen LogP contribution in [0.15, 0.2) is 10.3 Å². The molecule has 0 aromatic rings. The van der Waals surface area contributed by atoms with Gasteiger partial charge < -0.3 is 54.6 Å². The van der Waals surface area contributed by atoms with Gasteiger partial charge in [0.25, 0.3) is 0 Å². The van der Waals surface area contributed by atoms with Crippen LogP contribution < -0.4 is 60.7 Å². The molecule has 10 heteroatoms. The largest absolute Gasteiger partial charge is 1.00 e. The van der Waals surface area contributed by atoms with E-state index in [1.165, 1.54) is 25.7 Å². The molecule has 0 aliphatic heterocycles. The first kappa shape index (κ1) is 38.7. The van der Waals surface area contributed by atoms with E-state index in [9.17, 15) is 5.11 Å². The van der Waals surface area contributed by atoms with E-state index in [1.807, 2.05) is 6.92 Å². The first-order valence-corrected chi connectivity index (χ1v) is 7.28. The van der Waals surface area contributed by atoms with Gasteiger partial charge in [-0.3, -0.25) is 5.73 Å². The van der Waals surface area contributed by atoms with Crippen molar-refractivity contribution in [1.82, 2.24) is 12.3 Å². The van der Waals surface area contributed by atoms with Crippen LogP contribution in [0, 0.1) is 0 Å². The topological polar surface area (TPSA) is 161 Å². The second-order valence-corrected chi connectivity index (χ2v) is 4.96. The summed E-state index contributed by atoms with van der Waals surface area (Å²) in [6.07, 6.45) is 7.42. The van der Waals surface area contributed by atoms with Crippen molar-refractivity contribution in [2.24, 2.45) is 16.1 Å². The molecule has 0 rings (SSSR count). The van der Waals surface area contributed by atoms with Crippen LogP contribution in [0.4, 0.5) is 0 Å². The van der Waals surface area contributed by atoms with Crippen LogP contribution in [0.3, 0.4) is 0 Å². The molecule has 0 spiro atoms. The molecule has 0 radical (unpaired) electrons. The Hall–Kier alpha value is 0.270. The monoisotopic (exact) mass is 400 g/mol. The van der Waals surface area contributed by atoms with Crippen molar-refractivity contribution in [2.45, 2.75) is 84.0 Å². The Morgan fingerprint density at radius 1 is 1.00 bits per heavy atom. The van der Waals surface area contributed by atoms with Crippen LogP contribution in [0.25, 0.3) is 0 Å². The molecule has 3 atom stereocenters. The maximum absolute atomic E-state index is 9.64. The van der Waals surface area contributed by atoms with E-state index in [2.05, 4.69) is 17.3 Å². The van der Waals surface area contributed by atoms with E-state index in [4.69, 9.17) is 5.73 Å². The number of nitrogens with zero attached hydrogens (tertiary/aromatic N) is 2. The predicted molar refractivity (Wildman–Crippen MR) is 85.9 cm³/mol. The highest BCUT2D eigenvalue weighted by atomic mass is 35.5. The maximum atomic E-state index is 9.64. The van der Waals surface area contributed by atoms with E-state index >= 15 is 0 Å². The van der Waals surface area contributed by atoms with Crippen molar-refractivity contribution in [3.63, 3.8) is 0 Å². The Bertz CT molecular complexity index is 226. The number of halogens is 3. The maximum Gasteiger partial charge on any atom is 0.162 e. The third-order valence-corrected chi connectivity index (χ3v) is 3.10. The van der Waals surface area contributed by atoms with Crippen molar-refractivity contribution < 1.29 is 47.8 Å². The minimum absolute atomic E-state index is 0. The van der Waals surface area contributed by atoms with Crippen molar-refractivity contribution >= 4 is 0 Å². The molecule has 0 saturated heterocycles. The molecule has 0 fully saturated rings. The van der Waals surface area contributed by atoms with Gasteiger partial charge in [-0.2, -0.15) is 5.43 Å². The third-order valence-electron chi connectivity index (χ3n) is 3.10. The van der Waals surface area contributed by atoms with Gasteiger partial charge in [0.2, 0.25) is 0 Å². The van der Waals surface area contributed by atoms with Gasteiger partial charge in [-0.25, -0.2) is 0 Å². The molecule has 13 N–H and O–H groups in total. The molecule has 0 aliphatic rings. The zero-order chi connectivity index (χ0) is 13.8. The molecule has 148 valence electrons. The smallest absolute Gasteiger partial charge is 0.162 e. The second kappa shape index (κ2) is 27.1. The fraction of sp³-hybridized carbons (Fsp3) is 1.00. The van der Waals surface area contributed by atoms with Crippen molar-refractivity contribution in [1.29, 1.82) is 0 Å². The van der Waals surface area contributed by atoms with Gasteiger partial charge in [0.1, 0.15) is 6.04 Å². The van der Waals surface area contributed by atoms with Gasteiger partial charge in [0.05, 0.1) is 6.10 Å². The summed E-state index contributed by atoms with van der Waals surface area (Å²) in [6.45, 7) is 5.99. The molecule has 0 aromatic heterocycles. The highest BCUT2D eigenvalue weighted by molar-refractivity contribution is 4.69. The molecule has 23 heavy (non-hydrogen) atoms. The number of nitrogens with two attached hydrogens (primary N) is 2. The molecule has 0 heterocycles. The molecule has 0 saturated carbocycles. The highest BCUT2D eigenvalue weighted by Crippen LogP contribution is 2.12. The lowest BCUT2D eigenvalue weighted by atomic mass is 10.0. The number of aliphatic hydroxyl groups is 1. The van der Waals surface area contributed by atoms with Gasteiger partial charge in [0.15, 0.2) is 6.17 Å². The zero-order valence-electron chi connectivity index (χ0n) is 15.3. The van der Waals surface area contributed by atoms with Gasteiger partial charge in [-0.15, -0.1) is 5.11 Å². The molecule has 0 aromatic carbocycles. The van der Waals surface area contributed by atoms with E-state index in [-0.39, 0.29) is 61.7 Å². The minimum atomic E-state index is -0.439. The minimum Gasteiger partial charge on any atom is -1.00 e. The fourth-order valence-corrected chi connectivity index (χ4v) is 1.67. The predicted octanol–water partition coefficient (Wildman–Crippen LogP) is -6.51. The first-order valence-electron chi connectivity index (χ1n) is 7.28. The summed E-state index contributed by atoms with van der Waals surface area (Å²) in [5, 5.41) is 17.8. The Morgan fingerprint density at radius 3 is 1.96 bits per heavy atom. The highest BCUT2D eigenvalue weighted by Gasteiger charge is 2.14. The quantitative estimate of drug-likeness (QED) is 0.0766. The van der Waals surface area contributed by atoms with Crippen LogP contribution >= 0.6 is 0 Å². The zero-order valence-corrected chi connectivity index (χ0v) is 17.6. The van der Waals surface area contributed by atoms with E-state index in [1.54, 1.807) is 12.3 Å². The number of hydrogen-bond donors (Lipinski definition) is 5. The molecule has 0 aliphatic carbocycles. The summed E-state index contributed by atoms with van der Waals surface area (Å²) < 4.78 is 0. The number of aliphatic hydroxyl groups excluding tert-OH is 1. The summed E-state index contributed by atoms with van der Waals surface area (Å²) in [7, 11) is 0. The van der Waals surface area contributed by atoms with Crippen molar-refractivity contribution in [2.75, 3.05) is 0 Å². The Morgan fingerprint density at radius 2 is 1.52 bits per heavy atom. The van der Waals surface area contributed by atoms with Crippen molar-refractivity contribution in [3.05, 3.63) is 0 Å². The third kappa shape index (κ3) is 24.6. The Labute approximate surface area is 160 Å². The van der Waals surface area contributed by atoms with E-state index in [0.29, 0.717) is 0 Å². The summed E-state index contributed by atoms with van der Waals surface area (Å²) in [5.41, 5.74) is 7.38. The second-order valence-electron chi connectivity index (χ2n) is 4.96. The number of rotatable bonds is 11. The van der Waals surface area contributed by atoms with Gasteiger partial charge >= 0.3 is 0 Å². The molecule has 7 nitrogen and oxygen atoms in total. The van der Waals surface area contributed by atoms with Crippen LogP contribution in [-0.2, 0) is 0 Å². The molecule has 0 bridgehead atoms. The Kier molecular flexibility index (Phi) is 45.6. The standard InChI is InChI=1S/C13H30N4O.3ClH.2H3N/c1-4-6-7-8-9-10-12(11(3)18)15-17-16-13(14)5-2;;;;;/h11-13,18H,4-10,14H2,1-3H3,(H,15,16);3*1H;2*1H3. The van der Waals surface area contributed by atoms with Gasteiger partial charge in [-0.05, 0) is 13.3 Å². The van der Waals surface area contributed by atoms with E-state index in [0.717, 1.165) is 19.3 Å².